The largest absolute Gasteiger partial charge is 0.484 e. The average Bonchev–Trinajstić information content (AvgIpc) is 2.61. The SMILES string of the molecule is O=C(COc1ccccc1)N1CCN(c2c(Cl)cccc2Cl)CC1. The lowest BCUT2D eigenvalue weighted by Crippen LogP contribution is -2.50. The first kappa shape index (κ1) is 16.9. The number of rotatable bonds is 4. The Hall–Kier alpha value is -1.91. The molecular formula is C18H18Cl2N2O2. The predicted octanol–water partition coefficient (Wildman–Crippen LogP) is 3.72. The molecule has 0 spiro atoms. The van der Waals surface area contributed by atoms with E-state index >= 15 is 0 Å². The van der Waals surface area contributed by atoms with Crippen LogP contribution in [-0.4, -0.2) is 43.6 Å². The van der Waals surface area contributed by atoms with Crippen molar-refractivity contribution in [3.05, 3.63) is 58.6 Å². The Labute approximate surface area is 151 Å². The number of para-hydroxylation sites is 2. The Morgan fingerprint density at radius 1 is 0.917 bits per heavy atom. The third-order valence-electron chi connectivity index (χ3n) is 3.99. The highest BCUT2D eigenvalue weighted by atomic mass is 35.5. The van der Waals surface area contributed by atoms with Crippen LogP contribution in [0.5, 0.6) is 5.75 Å². The second kappa shape index (κ2) is 7.77. The summed E-state index contributed by atoms with van der Waals surface area (Å²) in [6.07, 6.45) is 0. The van der Waals surface area contributed by atoms with Crippen LogP contribution < -0.4 is 9.64 Å². The van der Waals surface area contributed by atoms with Crippen molar-refractivity contribution < 1.29 is 9.53 Å². The predicted molar refractivity (Wildman–Crippen MR) is 97.2 cm³/mol. The number of ether oxygens (including phenoxy) is 1. The van der Waals surface area contributed by atoms with E-state index in [9.17, 15) is 4.79 Å². The molecule has 3 rings (SSSR count). The molecule has 1 fully saturated rings. The fourth-order valence-corrected chi connectivity index (χ4v) is 3.36. The van der Waals surface area contributed by atoms with Crippen LogP contribution >= 0.6 is 23.2 Å². The number of piperazine rings is 1. The minimum absolute atomic E-state index is 0.0104. The van der Waals surface area contributed by atoms with Crippen molar-refractivity contribution in [2.45, 2.75) is 0 Å². The van der Waals surface area contributed by atoms with Gasteiger partial charge in [-0.25, -0.2) is 0 Å². The summed E-state index contributed by atoms with van der Waals surface area (Å²) in [5.74, 6) is 0.691. The molecule has 0 radical (unpaired) electrons. The molecule has 2 aromatic carbocycles. The molecule has 0 aliphatic carbocycles. The van der Waals surface area contributed by atoms with E-state index in [2.05, 4.69) is 4.90 Å². The minimum Gasteiger partial charge on any atom is -0.484 e. The number of benzene rings is 2. The zero-order valence-electron chi connectivity index (χ0n) is 13.1. The zero-order chi connectivity index (χ0) is 16.9. The lowest BCUT2D eigenvalue weighted by Gasteiger charge is -2.36. The molecule has 2 aromatic rings. The number of nitrogens with zero attached hydrogens (tertiary/aromatic N) is 2. The summed E-state index contributed by atoms with van der Waals surface area (Å²) in [4.78, 5) is 16.2. The van der Waals surface area contributed by atoms with Gasteiger partial charge < -0.3 is 14.5 Å². The van der Waals surface area contributed by atoms with Crippen molar-refractivity contribution in [1.29, 1.82) is 0 Å². The third-order valence-corrected chi connectivity index (χ3v) is 4.60. The van der Waals surface area contributed by atoms with E-state index in [4.69, 9.17) is 27.9 Å². The standard InChI is InChI=1S/C18H18Cl2N2O2/c19-15-7-4-8-16(20)18(15)22-11-9-21(10-12-22)17(23)13-24-14-5-2-1-3-6-14/h1-8H,9-13H2. The Kier molecular flexibility index (Phi) is 5.48. The summed E-state index contributed by atoms with van der Waals surface area (Å²) in [5.41, 5.74) is 0.841. The number of carbonyl (C=O) groups is 1. The van der Waals surface area contributed by atoms with Crippen LogP contribution in [0.2, 0.25) is 10.0 Å². The Morgan fingerprint density at radius 2 is 1.54 bits per heavy atom. The Bertz CT molecular complexity index is 681. The van der Waals surface area contributed by atoms with Gasteiger partial charge in [0.2, 0.25) is 0 Å². The summed E-state index contributed by atoms with van der Waals surface area (Å²) in [5, 5.41) is 1.27. The van der Waals surface area contributed by atoms with Gasteiger partial charge in [0.15, 0.2) is 6.61 Å². The molecule has 24 heavy (non-hydrogen) atoms. The number of hydrogen-bond acceptors (Lipinski definition) is 3. The molecule has 0 saturated carbocycles. The fourth-order valence-electron chi connectivity index (χ4n) is 2.72. The Balaban J connectivity index is 1.54. The molecule has 1 amide bonds. The van der Waals surface area contributed by atoms with E-state index in [1.54, 1.807) is 0 Å². The number of carbonyl (C=O) groups excluding carboxylic acids is 1. The summed E-state index contributed by atoms with van der Waals surface area (Å²) < 4.78 is 5.52. The number of halogens is 2. The first-order valence-electron chi connectivity index (χ1n) is 7.80. The summed E-state index contributed by atoms with van der Waals surface area (Å²) in [6.45, 7) is 2.69. The topological polar surface area (TPSA) is 32.8 Å². The van der Waals surface area contributed by atoms with Gasteiger partial charge in [0.25, 0.3) is 5.91 Å². The summed E-state index contributed by atoms with van der Waals surface area (Å²) >= 11 is 12.5. The van der Waals surface area contributed by atoms with E-state index in [0.29, 0.717) is 42.0 Å². The van der Waals surface area contributed by atoms with Crippen molar-refractivity contribution in [2.75, 3.05) is 37.7 Å². The van der Waals surface area contributed by atoms with Crippen molar-refractivity contribution in [2.24, 2.45) is 0 Å². The first-order chi connectivity index (χ1) is 11.6. The van der Waals surface area contributed by atoms with Crippen molar-refractivity contribution in [3.63, 3.8) is 0 Å². The molecule has 0 aromatic heterocycles. The highest BCUT2D eigenvalue weighted by Gasteiger charge is 2.23. The van der Waals surface area contributed by atoms with Gasteiger partial charge in [0.1, 0.15) is 5.75 Å². The molecule has 1 aliphatic heterocycles. The number of hydrogen-bond donors (Lipinski definition) is 0. The maximum absolute atomic E-state index is 12.3. The van der Waals surface area contributed by atoms with Gasteiger partial charge in [-0.15, -0.1) is 0 Å². The van der Waals surface area contributed by atoms with E-state index in [1.165, 1.54) is 0 Å². The average molecular weight is 365 g/mol. The monoisotopic (exact) mass is 364 g/mol. The van der Waals surface area contributed by atoms with Crippen LogP contribution in [0.3, 0.4) is 0 Å². The molecular weight excluding hydrogens is 347 g/mol. The van der Waals surface area contributed by atoms with Crippen LogP contribution in [0.15, 0.2) is 48.5 Å². The second-order valence-electron chi connectivity index (χ2n) is 5.54. The van der Waals surface area contributed by atoms with Crippen molar-refractivity contribution in [3.8, 4) is 5.75 Å². The molecule has 6 heteroatoms. The van der Waals surface area contributed by atoms with Crippen LogP contribution in [-0.2, 0) is 4.79 Å². The number of amides is 1. The van der Waals surface area contributed by atoms with Gasteiger partial charge in [-0.3, -0.25) is 4.79 Å². The van der Waals surface area contributed by atoms with Crippen LogP contribution in [0.1, 0.15) is 0 Å². The molecule has 126 valence electrons. The van der Waals surface area contributed by atoms with Crippen LogP contribution in [0, 0.1) is 0 Å². The van der Waals surface area contributed by atoms with Crippen LogP contribution in [0.25, 0.3) is 0 Å². The van der Waals surface area contributed by atoms with E-state index < -0.39 is 0 Å². The van der Waals surface area contributed by atoms with E-state index in [-0.39, 0.29) is 12.5 Å². The molecule has 1 aliphatic rings. The van der Waals surface area contributed by atoms with Gasteiger partial charge in [-0.05, 0) is 24.3 Å². The molecule has 0 unspecified atom stereocenters. The quantitative estimate of drug-likeness (QED) is 0.828. The molecule has 1 heterocycles. The zero-order valence-corrected chi connectivity index (χ0v) is 14.6. The van der Waals surface area contributed by atoms with E-state index in [1.807, 2.05) is 53.4 Å². The van der Waals surface area contributed by atoms with Gasteiger partial charge in [0, 0.05) is 26.2 Å². The third kappa shape index (κ3) is 3.94. The molecule has 0 bridgehead atoms. The van der Waals surface area contributed by atoms with Gasteiger partial charge in [0.05, 0.1) is 15.7 Å². The maximum atomic E-state index is 12.3. The molecule has 4 nitrogen and oxygen atoms in total. The highest BCUT2D eigenvalue weighted by Crippen LogP contribution is 2.33. The lowest BCUT2D eigenvalue weighted by atomic mass is 10.2. The maximum Gasteiger partial charge on any atom is 0.260 e. The second-order valence-corrected chi connectivity index (χ2v) is 6.35. The van der Waals surface area contributed by atoms with Gasteiger partial charge in [-0.1, -0.05) is 47.5 Å². The molecule has 0 atom stereocenters. The lowest BCUT2D eigenvalue weighted by molar-refractivity contribution is -0.133. The van der Waals surface area contributed by atoms with E-state index in [0.717, 1.165) is 5.69 Å². The summed E-state index contributed by atoms with van der Waals surface area (Å²) in [6, 6.07) is 14.8. The minimum atomic E-state index is -0.0104. The van der Waals surface area contributed by atoms with Crippen molar-refractivity contribution >= 4 is 34.8 Å². The van der Waals surface area contributed by atoms with Gasteiger partial charge >= 0.3 is 0 Å². The van der Waals surface area contributed by atoms with Gasteiger partial charge in [-0.2, -0.15) is 0 Å². The summed E-state index contributed by atoms with van der Waals surface area (Å²) in [7, 11) is 0. The smallest absolute Gasteiger partial charge is 0.260 e. The fraction of sp³-hybridized carbons (Fsp3) is 0.278. The molecule has 1 saturated heterocycles. The number of anilines is 1. The van der Waals surface area contributed by atoms with Crippen LogP contribution in [0.4, 0.5) is 5.69 Å². The van der Waals surface area contributed by atoms with Crippen molar-refractivity contribution in [1.82, 2.24) is 4.90 Å². The Morgan fingerprint density at radius 3 is 2.17 bits per heavy atom. The first-order valence-corrected chi connectivity index (χ1v) is 8.55. The normalized spacial score (nSPS) is 14.6. The highest BCUT2D eigenvalue weighted by molar-refractivity contribution is 6.39. The molecule has 0 N–H and O–H groups in total.